The standard InChI is InChI=1S/C15H22F2N2O3/c1-14(2,3)22-13(20)19-11-6-5-10(9-12(11)21-4)15(16,17)7-8-18/h5-6,9H,7-8,18H2,1-4H3,(H,19,20). The van der Waals surface area contributed by atoms with E-state index in [4.69, 9.17) is 15.2 Å². The Hall–Kier alpha value is -1.89. The van der Waals surface area contributed by atoms with Crippen LogP contribution >= 0.6 is 0 Å². The summed E-state index contributed by atoms with van der Waals surface area (Å²) in [6.07, 6.45) is -1.15. The van der Waals surface area contributed by atoms with Gasteiger partial charge in [-0.1, -0.05) is 6.07 Å². The van der Waals surface area contributed by atoms with Crippen LogP contribution in [-0.4, -0.2) is 25.3 Å². The SMILES string of the molecule is COc1cc(C(F)(F)CCN)ccc1NC(=O)OC(C)(C)C. The predicted molar refractivity (Wildman–Crippen MR) is 80.4 cm³/mol. The van der Waals surface area contributed by atoms with E-state index in [1.165, 1.54) is 25.3 Å². The van der Waals surface area contributed by atoms with Gasteiger partial charge >= 0.3 is 6.09 Å². The number of halogens is 2. The number of ether oxygens (including phenoxy) is 2. The van der Waals surface area contributed by atoms with Crippen LogP contribution in [0.1, 0.15) is 32.8 Å². The van der Waals surface area contributed by atoms with Crippen LogP contribution in [0.4, 0.5) is 19.3 Å². The van der Waals surface area contributed by atoms with Crippen molar-refractivity contribution in [1.29, 1.82) is 0 Å². The minimum atomic E-state index is -3.05. The molecule has 0 radical (unpaired) electrons. The lowest BCUT2D eigenvalue weighted by molar-refractivity contribution is -0.0108. The van der Waals surface area contributed by atoms with Crippen molar-refractivity contribution in [1.82, 2.24) is 0 Å². The first-order valence-corrected chi connectivity index (χ1v) is 6.85. The summed E-state index contributed by atoms with van der Waals surface area (Å²) < 4.78 is 37.8. The van der Waals surface area contributed by atoms with Gasteiger partial charge in [-0.3, -0.25) is 5.32 Å². The molecule has 7 heteroatoms. The average Bonchev–Trinajstić information content (AvgIpc) is 2.36. The van der Waals surface area contributed by atoms with Crippen molar-refractivity contribution >= 4 is 11.8 Å². The Morgan fingerprint density at radius 1 is 1.32 bits per heavy atom. The molecule has 124 valence electrons. The molecule has 0 aromatic heterocycles. The molecule has 0 aliphatic rings. The smallest absolute Gasteiger partial charge is 0.412 e. The number of amides is 1. The van der Waals surface area contributed by atoms with Gasteiger partial charge in [-0.2, -0.15) is 0 Å². The van der Waals surface area contributed by atoms with E-state index >= 15 is 0 Å². The lowest BCUT2D eigenvalue weighted by atomic mass is 10.0. The third-order valence-corrected chi connectivity index (χ3v) is 2.72. The first-order valence-electron chi connectivity index (χ1n) is 6.85. The van der Waals surface area contributed by atoms with Gasteiger partial charge in [0.05, 0.1) is 12.8 Å². The largest absolute Gasteiger partial charge is 0.495 e. The molecule has 3 N–H and O–H groups in total. The fourth-order valence-electron chi connectivity index (χ4n) is 1.76. The van der Waals surface area contributed by atoms with Crippen LogP contribution in [0.15, 0.2) is 18.2 Å². The number of methoxy groups -OCH3 is 1. The number of nitrogens with one attached hydrogen (secondary N) is 1. The molecule has 0 heterocycles. The average molecular weight is 316 g/mol. The van der Waals surface area contributed by atoms with Crippen molar-refractivity contribution in [3.05, 3.63) is 23.8 Å². The lowest BCUT2D eigenvalue weighted by Gasteiger charge is -2.21. The van der Waals surface area contributed by atoms with Gasteiger partial charge in [-0.05, 0) is 39.4 Å². The molecule has 1 aromatic carbocycles. The molecule has 0 spiro atoms. The first-order chi connectivity index (χ1) is 10.1. The van der Waals surface area contributed by atoms with Crippen LogP contribution in [0.5, 0.6) is 5.75 Å². The van der Waals surface area contributed by atoms with Crippen LogP contribution in [0.2, 0.25) is 0 Å². The molecule has 0 aliphatic carbocycles. The van der Waals surface area contributed by atoms with E-state index in [0.717, 1.165) is 0 Å². The summed E-state index contributed by atoms with van der Waals surface area (Å²) in [6, 6.07) is 3.76. The summed E-state index contributed by atoms with van der Waals surface area (Å²) in [5.41, 5.74) is 4.57. The Morgan fingerprint density at radius 3 is 2.45 bits per heavy atom. The second kappa shape index (κ2) is 6.91. The Bertz CT molecular complexity index is 528. The van der Waals surface area contributed by atoms with Crippen molar-refractivity contribution in [2.45, 2.75) is 38.7 Å². The third kappa shape index (κ3) is 5.14. The molecule has 1 aromatic rings. The number of rotatable bonds is 5. The maximum atomic E-state index is 13.8. The molecule has 0 saturated carbocycles. The molecule has 0 aliphatic heterocycles. The topological polar surface area (TPSA) is 73.6 Å². The van der Waals surface area contributed by atoms with Crippen LogP contribution in [0.3, 0.4) is 0 Å². The number of anilines is 1. The highest BCUT2D eigenvalue weighted by Gasteiger charge is 2.31. The maximum absolute atomic E-state index is 13.8. The first kappa shape index (κ1) is 18.2. The molecular formula is C15H22F2N2O3. The quantitative estimate of drug-likeness (QED) is 0.872. The molecule has 0 saturated heterocycles. The molecule has 0 bridgehead atoms. The Labute approximate surface area is 128 Å². The Balaban J connectivity index is 2.97. The number of carbonyl (C=O) groups excluding carboxylic acids is 1. The number of benzene rings is 1. The zero-order valence-corrected chi connectivity index (χ0v) is 13.2. The zero-order chi connectivity index (χ0) is 17.0. The minimum absolute atomic E-state index is 0.125. The van der Waals surface area contributed by atoms with Crippen LogP contribution in [0, 0.1) is 0 Å². The molecular weight excluding hydrogens is 294 g/mol. The van der Waals surface area contributed by atoms with Gasteiger partial charge in [-0.25, -0.2) is 13.6 Å². The monoisotopic (exact) mass is 316 g/mol. The maximum Gasteiger partial charge on any atom is 0.412 e. The Kier molecular flexibility index (Phi) is 5.71. The molecule has 0 unspecified atom stereocenters. The van der Waals surface area contributed by atoms with Gasteiger partial charge < -0.3 is 15.2 Å². The van der Waals surface area contributed by atoms with Gasteiger partial charge in [0.15, 0.2) is 0 Å². The second-order valence-electron chi connectivity index (χ2n) is 5.79. The van der Waals surface area contributed by atoms with E-state index in [9.17, 15) is 13.6 Å². The molecule has 1 amide bonds. The van der Waals surface area contributed by atoms with Crippen LogP contribution in [-0.2, 0) is 10.7 Å². The fourth-order valence-corrected chi connectivity index (χ4v) is 1.76. The van der Waals surface area contributed by atoms with Crippen molar-refractivity contribution in [3.63, 3.8) is 0 Å². The molecule has 0 atom stereocenters. The number of alkyl halides is 2. The van der Waals surface area contributed by atoms with Gasteiger partial charge in [0.1, 0.15) is 11.4 Å². The zero-order valence-electron chi connectivity index (χ0n) is 13.2. The minimum Gasteiger partial charge on any atom is -0.495 e. The molecule has 1 rings (SSSR count). The van der Waals surface area contributed by atoms with E-state index in [0.29, 0.717) is 0 Å². The lowest BCUT2D eigenvalue weighted by Crippen LogP contribution is -2.27. The van der Waals surface area contributed by atoms with E-state index < -0.39 is 24.0 Å². The number of hydrogen-bond acceptors (Lipinski definition) is 4. The van der Waals surface area contributed by atoms with Crippen molar-refractivity contribution in [2.75, 3.05) is 19.0 Å². The highest BCUT2D eigenvalue weighted by molar-refractivity contribution is 5.87. The normalized spacial score (nSPS) is 12.0. The van der Waals surface area contributed by atoms with Gasteiger partial charge in [0.25, 0.3) is 5.92 Å². The Morgan fingerprint density at radius 2 is 1.95 bits per heavy atom. The fraction of sp³-hybridized carbons (Fsp3) is 0.533. The van der Waals surface area contributed by atoms with E-state index in [2.05, 4.69) is 5.32 Å². The highest BCUT2D eigenvalue weighted by atomic mass is 19.3. The summed E-state index contributed by atoms with van der Waals surface area (Å²) >= 11 is 0. The number of hydrogen-bond donors (Lipinski definition) is 2. The van der Waals surface area contributed by atoms with Crippen LogP contribution < -0.4 is 15.8 Å². The predicted octanol–water partition coefficient (Wildman–Crippen LogP) is 3.48. The summed E-state index contributed by atoms with van der Waals surface area (Å²) in [5, 5.41) is 2.47. The summed E-state index contributed by atoms with van der Waals surface area (Å²) in [7, 11) is 1.33. The number of nitrogens with two attached hydrogens (primary N) is 1. The van der Waals surface area contributed by atoms with E-state index in [1.807, 2.05) is 0 Å². The van der Waals surface area contributed by atoms with E-state index in [-0.39, 0.29) is 23.5 Å². The van der Waals surface area contributed by atoms with Crippen molar-refractivity contribution in [3.8, 4) is 5.75 Å². The second-order valence-corrected chi connectivity index (χ2v) is 5.79. The highest BCUT2D eigenvalue weighted by Crippen LogP contribution is 2.36. The number of carbonyl (C=O) groups is 1. The molecule has 5 nitrogen and oxygen atoms in total. The molecule has 22 heavy (non-hydrogen) atoms. The van der Waals surface area contributed by atoms with Gasteiger partial charge in [0, 0.05) is 12.0 Å². The molecule has 0 fully saturated rings. The van der Waals surface area contributed by atoms with Gasteiger partial charge in [0.2, 0.25) is 0 Å². The summed E-state index contributed by atoms with van der Waals surface area (Å²) in [5.74, 6) is -2.92. The summed E-state index contributed by atoms with van der Waals surface area (Å²) in [4.78, 5) is 11.7. The van der Waals surface area contributed by atoms with Gasteiger partial charge in [-0.15, -0.1) is 0 Å². The third-order valence-electron chi connectivity index (χ3n) is 2.72. The summed E-state index contributed by atoms with van der Waals surface area (Å²) in [6.45, 7) is 5.04. The van der Waals surface area contributed by atoms with Crippen LogP contribution in [0.25, 0.3) is 0 Å². The van der Waals surface area contributed by atoms with E-state index in [1.54, 1.807) is 20.8 Å². The van der Waals surface area contributed by atoms with Crippen molar-refractivity contribution in [2.24, 2.45) is 5.73 Å². The van der Waals surface area contributed by atoms with Crippen molar-refractivity contribution < 1.29 is 23.0 Å².